The van der Waals surface area contributed by atoms with E-state index in [1.807, 2.05) is 31.2 Å². The van der Waals surface area contributed by atoms with Gasteiger partial charge in [-0.2, -0.15) is 0 Å². The van der Waals surface area contributed by atoms with Crippen LogP contribution in [0, 0.1) is 0 Å². The van der Waals surface area contributed by atoms with Crippen molar-refractivity contribution in [1.29, 1.82) is 0 Å². The summed E-state index contributed by atoms with van der Waals surface area (Å²) >= 11 is 0. The van der Waals surface area contributed by atoms with Gasteiger partial charge in [-0.15, -0.1) is 0 Å². The Balaban J connectivity index is 2.24. The number of aliphatic hydroxyl groups excluding tert-OH is 1. The van der Waals surface area contributed by atoms with Crippen LogP contribution in [-0.2, 0) is 9.47 Å². The van der Waals surface area contributed by atoms with Crippen LogP contribution in [0.5, 0.6) is 5.75 Å². The van der Waals surface area contributed by atoms with E-state index < -0.39 is 6.10 Å². The number of hydrogen-bond donors (Lipinski definition) is 2. The highest BCUT2D eigenvalue weighted by atomic mass is 16.5. The number of hydrogen-bond acceptors (Lipinski definition) is 5. The van der Waals surface area contributed by atoms with Crippen LogP contribution in [0.2, 0.25) is 0 Å². The number of aliphatic hydroxyl groups is 1. The monoisotopic (exact) mass is 269 g/mol. The van der Waals surface area contributed by atoms with E-state index in [1.54, 1.807) is 7.11 Å². The highest BCUT2D eigenvalue weighted by Gasteiger charge is 2.06. The van der Waals surface area contributed by atoms with Gasteiger partial charge in [0.15, 0.2) is 0 Å². The fourth-order valence-electron chi connectivity index (χ4n) is 1.47. The van der Waals surface area contributed by atoms with E-state index in [-0.39, 0.29) is 19.3 Å². The molecular weight excluding hydrogens is 246 g/mol. The Morgan fingerprint density at radius 1 is 1.16 bits per heavy atom. The van der Waals surface area contributed by atoms with Gasteiger partial charge in [0.25, 0.3) is 0 Å². The van der Waals surface area contributed by atoms with Gasteiger partial charge in [0, 0.05) is 13.2 Å². The van der Waals surface area contributed by atoms with Gasteiger partial charge >= 0.3 is 0 Å². The van der Waals surface area contributed by atoms with Crippen LogP contribution < -0.4 is 10.5 Å². The molecule has 3 N–H and O–H groups in total. The van der Waals surface area contributed by atoms with Crippen LogP contribution in [0.3, 0.4) is 0 Å². The summed E-state index contributed by atoms with van der Waals surface area (Å²) in [6.07, 6.45) is -0.648. The first-order valence-corrected chi connectivity index (χ1v) is 6.36. The Morgan fingerprint density at radius 3 is 2.42 bits per heavy atom. The van der Waals surface area contributed by atoms with Crippen LogP contribution in [0.15, 0.2) is 24.3 Å². The minimum atomic E-state index is -0.648. The van der Waals surface area contributed by atoms with Crippen molar-refractivity contribution in [1.82, 2.24) is 0 Å². The van der Waals surface area contributed by atoms with Crippen molar-refractivity contribution in [2.75, 3.05) is 33.5 Å². The minimum absolute atomic E-state index is 0.00817. The molecule has 0 bridgehead atoms. The molecule has 1 rings (SSSR count). The molecular formula is C14H23NO4. The van der Waals surface area contributed by atoms with E-state index in [4.69, 9.17) is 19.9 Å². The average molecular weight is 269 g/mol. The standard InChI is InChI=1S/C14H23NO4/c1-11(15)12-3-5-14(6-4-12)19-10-13(16)9-18-8-7-17-2/h3-6,11,13,16H,7-10,15H2,1-2H3/t11-,13?/m1/s1. The molecule has 0 saturated carbocycles. The van der Waals surface area contributed by atoms with Crippen LogP contribution in [-0.4, -0.2) is 44.7 Å². The second-order valence-corrected chi connectivity index (χ2v) is 4.39. The van der Waals surface area contributed by atoms with Crippen LogP contribution >= 0.6 is 0 Å². The number of benzene rings is 1. The lowest BCUT2D eigenvalue weighted by Crippen LogP contribution is -2.24. The zero-order chi connectivity index (χ0) is 14.1. The number of ether oxygens (including phenoxy) is 3. The average Bonchev–Trinajstić information content (AvgIpc) is 2.42. The van der Waals surface area contributed by atoms with E-state index in [0.717, 1.165) is 5.56 Å². The SMILES string of the molecule is COCCOCC(O)COc1ccc([C@@H](C)N)cc1. The highest BCUT2D eigenvalue weighted by molar-refractivity contribution is 5.28. The molecule has 5 heteroatoms. The molecule has 0 aromatic heterocycles. The van der Waals surface area contributed by atoms with Gasteiger partial charge in [-0.1, -0.05) is 12.1 Å². The largest absolute Gasteiger partial charge is 0.491 e. The number of methoxy groups -OCH3 is 1. The predicted octanol–water partition coefficient (Wildman–Crippen LogP) is 1.11. The van der Waals surface area contributed by atoms with Crippen LogP contribution in [0.1, 0.15) is 18.5 Å². The summed E-state index contributed by atoms with van der Waals surface area (Å²) in [5.74, 6) is 0.709. The molecule has 0 aliphatic carbocycles. The van der Waals surface area contributed by atoms with Crippen molar-refractivity contribution in [3.05, 3.63) is 29.8 Å². The second kappa shape index (κ2) is 8.87. The van der Waals surface area contributed by atoms with E-state index in [1.165, 1.54) is 0 Å². The van der Waals surface area contributed by atoms with E-state index >= 15 is 0 Å². The summed E-state index contributed by atoms with van der Waals surface area (Å²) in [5.41, 5.74) is 6.81. The molecule has 19 heavy (non-hydrogen) atoms. The smallest absolute Gasteiger partial charge is 0.119 e. The normalized spacial score (nSPS) is 14.1. The summed E-state index contributed by atoms with van der Waals surface area (Å²) < 4.78 is 15.5. The minimum Gasteiger partial charge on any atom is -0.491 e. The fraction of sp³-hybridized carbons (Fsp3) is 0.571. The van der Waals surface area contributed by atoms with Crippen molar-refractivity contribution in [2.24, 2.45) is 5.73 Å². The van der Waals surface area contributed by atoms with Crippen molar-refractivity contribution < 1.29 is 19.3 Å². The van der Waals surface area contributed by atoms with Gasteiger partial charge in [-0.25, -0.2) is 0 Å². The fourth-order valence-corrected chi connectivity index (χ4v) is 1.47. The summed E-state index contributed by atoms with van der Waals surface area (Å²) in [6, 6.07) is 7.53. The van der Waals surface area contributed by atoms with E-state index in [9.17, 15) is 5.11 Å². The second-order valence-electron chi connectivity index (χ2n) is 4.39. The zero-order valence-corrected chi connectivity index (χ0v) is 11.5. The first kappa shape index (κ1) is 15.9. The molecule has 0 amide bonds. The summed E-state index contributed by atoms with van der Waals surface area (Å²) in [7, 11) is 1.61. The molecule has 5 nitrogen and oxygen atoms in total. The first-order chi connectivity index (χ1) is 9.13. The molecule has 1 unspecified atom stereocenters. The quantitative estimate of drug-likeness (QED) is 0.657. The Hall–Kier alpha value is -1.14. The third-order valence-corrected chi connectivity index (χ3v) is 2.59. The molecule has 1 aromatic carbocycles. The van der Waals surface area contributed by atoms with Crippen molar-refractivity contribution in [3.63, 3.8) is 0 Å². The summed E-state index contributed by atoms with van der Waals surface area (Å²) in [6.45, 7) is 3.35. The summed E-state index contributed by atoms with van der Waals surface area (Å²) in [5, 5.41) is 9.64. The molecule has 0 aliphatic heterocycles. The first-order valence-electron chi connectivity index (χ1n) is 6.36. The van der Waals surface area contributed by atoms with Crippen molar-refractivity contribution >= 4 is 0 Å². The molecule has 0 aliphatic rings. The number of rotatable bonds is 9. The summed E-state index contributed by atoms with van der Waals surface area (Å²) in [4.78, 5) is 0. The van der Waals surface area contributed by atoms with Gasteiger partial charge in [-0.3, -0.25) is 0 Å². The van der Waals surface area contributed by atoms with Gasteiger partial charge < -0.3 is 25.1 Å². The maximum absolute atomic E-state index is 9.64. The van der Waals surface area contributed by atoms with Crippen LogP contribution in [0.25, 0.3) is 0 Å². The Labute approximate surface area is 114 Å². The molecule has 0 spiro atoms. The third-order valence-electron chi connectivity index (χ3n) is 2.59. The highest BCUT2D eigenvalue weighted by Crippen LogP contribution is 2.16. The lowest BCUT2D eigenvalue weighted by molar-refractivity contribution is -0.00419. The Kier molecular flexibility index (Phi) is 7.43. The molecule has 0 radical (unpaired) electrons. The van der Waals surface area contributed by atoms with Gasteiger partial charge in [0.2, 0.25) is 0 Å². The van der Waals surface area contributed by atoms with Gasteiger partial charge in [0.1, 0.15) is 18.5 Å². The van der Waals surface area contributed by atoms with Gasteiger partial charge in [-0.05, 0) is 24.6 Å². The third kappa shape index (κ3) is 6.54. The van der Waals surface area contributed by atoms with Crippen molar-refractivity contribution in [3.8, 4) is 5.75 Å². The molecule has 0 heterocycles. The van der Waals surface area contributed by atoms with Crippen molar-refractivity contribution in [2.45, 2.75) is 19.1 Å². The van der Waals surface area contributed by atoms with Crippen LogP contribution in [0.4, 0.5) is 0 Å². The topological polar surface area (TPSA) is 73.9 Å². The predicted molar refractivity (Wildman–Crippen MR) is 73.2 cm³/mol. The maximum atomic E-state index is 9.64. The lowest BCUT2D eigenvalue weighted by atomic mass is 10.1. The molecule has 1 aromatic rings. The lowest BCUT2D eigenvalue weighted by Gasteiger charge is -2.13. The van der Waals surface area contributed by atoms with E-state index in [0.29, 0.717) is 19.0 Å². The Morgan fingerprint density at radius 2 is 1.84 bits per heavy atom. The Bertz CT molecular complexity index is 340. The van der Waals surface area contributed by atoms with Gasteiger partial charge in [0.05, 0.1) is 19.8 Å². The molecule has 0 fully saturated rings. The maximum Gasteiger partial charge on any atom is 0.119 e. The molecule has 2 atom stereocenters. The molecule has 108 valence electrons. The zero-order valence-electron chi connectivity index (χ0n) is 11.5. The van der Waals surface area contributed by atoms with E-state index in [2.05, 4.69) is 0 Å². The molecule has 0 saturated heterocycles. The number of nitrogens with two attached hydrogens (primary N) is 1.